The average molecular weight is 290 g/mol. The van der Waals surface area contributed by atoms with Gasteiger partial charge < -0.3 is 0 Å². The molecule has 0 aliphatic heterocycles. The molecule has 0 aromatic heterocycles. The molecule has 1 saturated carbocycles. The van der Waals surface area contributed by atoms with E-state index in [-0.39, 0.29) is 17.5 Å². The van der Waals surface area contributed by atoms with E-state index in [0.717, 1.165) is 47.9 Å². The van der Waals surface area contributed by atoms with Crippen molar-refractivity contribution in [1.29, 1.82) is 0 Å². The molecule has 2 heteroatoms. The Morgan fingerprint density at radius 2 is 1.64 bits per heavy atom. The number of fused-ring (bicyclic) bond motifs is 2. The van der Waals surface area contributed by atoms with Gasteiger partial charge in [0.05, 0.1) is 0 Å². The first-order valence-electron chi connectivity index (χ1n) is 8.04. The summed E-state index contributed by atoms with van der Waals surface area (Å²) in [5, 5.41) is 0. The van der Waals surface area contributed by atoms with Crippen molar-refractivity contribution in [2.75, 3.05) is 0 Å². The summed E-state index contributed by atoms with van der Waals surface area (Å²) in [6.07, 6.45) is 4.96. The van der Waals surface area contributed by atoms with Crippen molar-refractivity contribution >= 4 is 11.6 Å². The van der Waals surface area contributed by atoms with Gasteiger partial charge in [-0.2, -0.15) is 0 Å². The minimum absolute atomic E-state index is 0.0536. The van der Waals surface area contributed by atoms with Crippen molar-refractivity contribution in [2.24, 2.45) is 5.92 Å². The average Bonchev–Trinajstić information content (AvgIpc) is 3.09. The number of Topliss-reactive ketones (excluding diaryl/α,β-unsaturated/α-hetero) is 1. The van der Waals surface area contributed by atoms with Crippen molar-refractivity contribution in [1.82, 2.24) is 0 Å². The van der Waals surface area contributed by atoms with Gasteiger partial charge in [-0.25, -0.2) is 0 Å². The van der Waals surface area contributed by atoms with Crippen LogP contribution in [-0.2, 0) is 6.42 Å². The van der Waals surface area contributed by atoms with E-state index in [4.69, 9.17) is 0 Å². The number of rotatable bonds is 2. The van der Waals surface area contributed by atoms with Crippen LogP contribution in [0, 0.1) is 5.92 Å². The first-order chi connectivity index (χ1) is 10.8. The van der Waals surface area contributed by atoms with Crippen LogP contribution in [0.25, 0.3) is 0 Å². The van der Waals surface area contributed by atoms with Crippen LogP contribution in [0.1, 0.15) is 63.1 Å². The van der Waals surface area contributed by atoms with Crippen LogP contribution in [0.15, 0.2) is 42.5 Å². The van der Waals surface area contributed by atoms with E-state index in [9.17, 15) is 9.59 Å². The second kappa shape index (κ2) is 5.20. The van der Waals surface area contributed by atoms with Gasteiger partial charge in [0.1, 0.15) is 0 Å². The fourth-order valence-electron chi connectivity index (χ4n) is 3.86. The van der Waals surface area contributed by atoms with E-state index in [2.05, 4.69) is 0 Å². The van der Waals surface area contributed by atoms with E-state index in [1.54, 1.807) is 0 Å². The second-order valence-corrected chi connectivity index (χ2v) is 6.34. The lowest BCUT2D eigenvalue weighted by Crippen LogP contribution is -2.20. The summed E-state index contributed by atoms with van der Waals surface area (Å²) >= 11 is 0. The monoisotopic (exact) mass is 290 g/mol. The lowest BCUT2D eigenvalue weighted by molar-refractivity contribution is 0.0922. The predicted molar refractivity (Wildman–Crippen MR) is 85.4 cm³/mol. The molecule has 0 saturated heterocycles. The van der Waals surface area contributed by atoms with Crippen molar-refractivity contribution in [2.45, 2.75) is 32.1 Å². The van der Waals surface area contributed by atoms with Gasteiger partial charge in [-0.3, -0.25) is 9.59 Å². The standard InChI is InChI=1S/C20H18O2/c21-19(13-6-1-2-7-13)16-10-5-11-17-18(16)12-14-8-3-4-9-15(14)20(17)22/h3-5,8-11,13H,1-2,6-7,12H2. The molecule has 1 fully saturated rings. The maximum Gasteiger partial charge on any atom is 0.193 e. The Bertz CT molecular complexity index is 767. The number of hydrogen-bond acceptors (Lipinski definition) is 2. The molecule has 2 aromatic carbocycles. The molecule has 2 aromatic rings. The molecule has 0 unspecified atom stereocenters. The minimum Gasteiger partial charge on any atom is -0.294 e. The zero-order valence-electron chi connectivity index (χ0n) is 12.5. The van der Waals surface area contributed by atoms with E-state index in [1.165, 1.54) is 0 Å². The molecule has 0 atom stereocenters. The van der Waals surface area contributed by atoms with Crippen molar-refractivity contribution < 1.29 is 9.59 Å². The molecular weight excluding hydrogens is 272 g/mol. The molecule has 0 heterocycles. The lowest BCUT2D eigenvalue weighted by atomic mass is 9.80. The van der Waals surface area contributed by atoms with Crippen LogP contribution in [0.2, 0.25) is 0 Å². The van der Waals surface area contributed by atoms with Crippen LogP contribution in [-0.4, -0.2) is 11.6 Å². The molecule has 2 nitrogen and oxygen atoms in total. The van der Waals surface area contributed by atoms with Gasteiger partial charge in [-0.05, 0) is 30.4 Å². The van der Waals surface area contributed by atoms with Gasteiger partial charge in [0.2, 0.25) is 0 Å². The minimum atomic E-state index is 0.0536. The number of carbonyl (C=O) groups is 2. The Balaban J connectivity index is 1.80. The molecule has 0 radical (unpaired) electrons. The van der Waals surface area contributed by atoms with Gasteiger partial charge in [0.25, 0.3) is 0 Å². The van der Waals surface area contributed by atoms with Crippen molar-refractivity contribution in [3.05, 3.63) is 70.3 Å². The molecule has 0 spiro atoms. The number of benzene rings is 2. The van der Waals surface area contributed by atoms with Crippen LogP contribution >= 0.6 is 0 Å². The summed E-state index contributed by atoms with van der Waals surface area (Å²) in [5.41, 5.74) is 4.23. The largest absolute Gasteiger partial charge is 0.294 e. The quantitative estimate of drug-likeness (QED) is 0.663. The number of hydrogen-bond donors (Lipinski definition) is 0. The highest BCUT2D eigenvalue weighted by Gasteiger charge is 2.30. The Kier molecular flexibility index (Phi) is 3.18. The SMILES string of the molecule is O=C1c2ccccc2Cc2c1cccc2C(=O)C1CCCC1. The van der Waals surface area contributed by atoms with E-state index in [1.807, 2.05) is 42.5 Å². The van der Waals surface area contributed by atoms with Gasteiger partial charge in [0, 0.05) is 22.6 Å². The first kappa shape index (κ1) is 13.4. The van der Waals surface area contributed by atoms with Crippen LogP contribution < -0.4 is 0 Å². The van der Waals surface area contributed by atoms with Crippen LogP contribution in [0.5, 0.6) is 0 Å². The number of carbonyl (C=O) groups excluding carboxylic acids is 2. The topological polar surface area (TPSA) is 34.1 Å². The maximum absolute atomic E-state index is 12.8. The first-order valence-corrected chi connectivity index (χ1v) is 8.04. The summed E-state index contributed by atoms with van der Waals surface area (Å²) in [6.45, 7) is 0. The third kappa shape index (κ3) is 2.02. The van der Waals surface area contributed by atoms with Crippen molar-refractivity contribution in [3.63, 3.8) is 0 Å². The number of ketones is 2. The third-order valence-electron chi connectivity index (χ3n) is 5.04. The highest BCUT2D eigenvalue weighted by atomic mass is 16.1. The van der Waals surface area contributed by atoms with Crippen LogP contribution in [0.3, 0.4) is 0 Å². The molecule has 0 amide bonds. The fraction of sp³-hybridized carbons (Fsp3) is 0.300. The normalized spacial score (nSPS) is 17.2. The molecule has 2 aliphatic rings. The molecule has 2 aliphatic carbocycles. The Morgan fingerprint density at radius 1 is 0.909 bits per heavy atom. The molecule has 22 heavy (non-hydrogen) atoms. The Labute approximate surface area is 130 Å². The third-order valence-corrected chi connectivity index (χ3v) is 5.04. The summed E-state index contributed by atoms with van der Waals surface area (Å²) in [5.74, 6) is 0.443. The summed E-state index contributed by atoms with van der Waals surface area (Å²) < 4.78 is 0. The van der Waals surface area contributed by atoms with Crippen molar-refractivity contribution in [3.8, 4) is 0 Å². The lowest BCUT2D eigenvalue weighted by Gasteiger charge is -2.21. The predicted octanol–water partition coefficient (Wildman–Crippen LogP) is 4.19. The maximum atomic E-state index is 12.8. The molecule has 0 bridgehead atoms. The van der Waals surface area contributed by atoms with E-state index in [0.29, 0.717) is 12.0 Å². The molecule has 4 rings (SSSR count). The van der Waals surface area contributed by atoms with Gasteiger partial charge >= 0.3 is 0 Å². The zero-order valence-corrected chi connectivity index (χ0v) is 12.5. The molecule has 0 N–H and O–H groups in total. The summed E-state index contributed by atoms with van der Waals surface area (Å²) in [7, 11) is 0. The molecule has 110 valence electrons. The summed E-state index contributed by atoms with van der Waals surface area (Å²) in [4.78, 5) is 25.5. The van der Waals surface area contributed by atoms with E-state index >= 15 is 0 Å². The Hall–Kier alpha value is -2.22. The van der Waals surface area contributed by atoms with Gasteiger partial charge in [0.15, 0.2) is 11.6 Å². The van der Waals surface area contributed by atoms with Gasteiger partial charge in [-0.15, -0.1) is 0 Å². The molecular formula is C20H18O2. The van der Waals surface area contributed by atoms with E-state index < -0.39 is 0 Å². The van der Waals surface area contributed by atoms with Gasteiger partial charge in [-0.1, -0.05) is 55.3 Å². The second-order valence-electron chi connectivity index (χ2n) is 6.34. The highest BCUT2D eigenvalue weighted by Crippen LogP contribution is 2.33. The zero-order chi connectivity index (χ0) is 15.1. The smallest absolute Gasteiger partial charge is 0.193 e. The Morgan fingerprint density at radius 3 is 2.45 bits per heavy atom. The fourth-order valence-corrected chi connectivity index (χ4v) is 3.86. The van der Waals surface area contributed by atoms with Crippen LogP contribution in [0.4, 0.5) is 0 Å². The highest BCUT2D eigenvalue weighted by molar-refractivity contribution is 6.14. The summed E-state index contributed by atoms with van der Waals surface area (Å²) in [6, 6.07) is 13.3.